The van der Waals surface area contributed by atoms with Gasteiger partial charge in [0.15, 0.2) is 5.03 Å². The van der Waals surface area contributed by atoms with Crippen LogP contribution in [0.5, 0.6) is 0 Å². The van der Waals surface area contributed by atoms with Crippen LogP contribution in [0.15, 0.2) is 17.6 Å². The fourth-order valence-corrected chi connectivity index (χ4v) is 4.26. The molecule has 0 radical (unpaired) electrons. The Labute approximate surface area is 149 Å². The second-order valence-electron chi connectivity index (χ2n) is 7.15. The third-order valence-electron chi connectivity index (χ3n) is 4.90. The number of rotatable bonds is 6. The molecule has 25 heavy (non-hydrogen) atoms. The Morgan fingerprint density at radius 3 is 2.36 bits per heavy atom. The van der Waals surface area contributed by atoms with Gasteiger partial charge in [-0.2, -0.15) is 4.31 Å². The van der Waals surface area contributed by atoms with E-state index in [0.29, 0.717) is 32.2 Å². The second-order valence-corrected chi connectivity index (χ2v) is 9.04. The first kappa shape index (κ1) is 18.3. The summed E-state index contributed by atoms with van der Waals surface area (Å²) in [7, 11) is -3.58. The van der Waals surface area contributed by atoms with Crippen molar-refractivity contribution in [1.29, 1.82) is 0 Å². The van der Waals surface area contributed by atoms with Gasteiger partial charge in [-0.1, -0.05) is 0 Å². The smallest absolute Gasteiger partial charge is 0.262 e. The number of nitrogens with one attached hydrogen (secondary N) is 1. The Morgan fingerprint density at radius 2 is 1.84 bits per heavy atom. The summed E-state index contributed by atoms with van der Waals surface area (Å²) in [6.45, 7) is 7.67. The average molecular weight is 369 g/mol. The molecule has 2 heterocycles. The molecule has 0 aromatic carbocycles. The highest BCUT2D eigenvalue weighted by atomic mass is 32.2. The minimum atomic E-state index is -3.58. The van der Waals surface area contributed by atoms with E-state index in [0.717, 1.165) is 12.8 Å². The molecular weight excluding hydrogens is 342 g/mol. The van der Waals surface area contributed by atoms with Gasteiger partial charge in [-0.05, 0) is 33.6 Å². The third-order valence-corrected chi connectivity index (χ3v) is 6.69. The van der Waals surface area contributed by atoms with Gasteiger partial charge in [0.1, 0.15) is 0 Å². The Bertz CT molecular complexity index is 718. The number of amides is 1. The number of aromatic nitrogens is 2. The lowest BCUT2D eigenvalue weighted by Crippen LogP contribution is -2.55. The minimum absolute atomic E-state index is 0.0366. The molecular formula is C16H27N5O3S. The van der Waals surface area contributed by atoms with Gasteiger partial charge in [0, 0.05) is 44.5 Å². The molecule has 140 valence electrons. The monoisotopic (exact) mass is 369 g/mol. The molecule has 0 bridgehead atoms. The first-order chi connectivity index (χ1) is 11.8. The van der Waals surface area contributed by atoms with E-state index in [1.54, 1.807) is 17.1 Å². The summed E-state index contributed by atoms with van der Waals surface area (Å²) in [5.41, 5.74) is 0. The van der Waals surface area contributed by atoms with Gasteiger partial charge < -0.3 is 9.88 Å². The fourth-order valence-electron chi connectivity index (χ4n) is 2.91. The van der Waals surface area contributed by atoms with E-state index in [4.69, 9.17) is 0 Å². The van der Waals surface area contributed by atoms with Crippen molar-refractivity contribution in [2.75, 3.05) is 26.2 Å². The van der Waals surface area contributed by atoms with E-state index in [-0.39, 0.29) is 23.0 Å². The summed E-state index contributed by atoms with van der Waals surface area (Å²) in [4.78, 5) is 18.3. The molecule has 1 aromatic heterocycles. The van der Waals surface area contributed by atoms with Crippen molar-refractivity contribution < 1.29 is 13.2 Å². The molecule has 0 spiro atoms. The van der Waals surface area contributed by atoms with Crippen molar-refractivity contribution in [2.45, 2.75) is 56.8 Å². The number of nitrogens with zero attached hydrogens (tertiary/aromatic N) is 4. The number of sulfonamides is 1. The van der Waals surface area contributed by atoms with Crippen molar-refractivity contribution in [1.82, 2.24) is 24.1 Å². The van der Waals surface area contributed by atoms with Crippen LogP contribution in [-0.2, 0) is 14.8 Å². The van der Waals surface area contributed by atoms with Crippen LogP contribution in [0.3, 0.4) is 0 Å². The number of hydrogen-bond acceptors (Lipinski definition) is 5. The van der Waals surface area contributed by atoms with Gasteiger partial charge in [0.2, 0.25) is 5.91 Å². The maximum absolute atomic E-state index is 12.7. The van der Waals surface area contributed by atoms with Gasteiger partial charge in [0.05, 0.1) is 12.4 Å². The van der Waals surface area contributed by atoms with Gasteiger partial charge in [-0.3, -0.25) is 9.69 Å². The molecule has 1 atom stereocenters. The predicted octanol–water partition coefficient (Wildman–Crippen LogP) is 0.437. The number of imidazole rings is 1. The van der Waals surface area contributed by atoms with Gasteiger partial charge in [-0.15, -0.1) is 0 Å². The highest BCUT2D eigenvalue weighted by Gasteiger charge is 2.34. The van der Waals surface area contributed by atoms with Gasteiger partial charge in [0.25, 0.3) is 10.0 Å². The van der Waals surface area contributed by atoms with E-state index in [9.17, 15) is 13.2 Å². The maximum atomic E-state index is 12.7. The van der Waals surface area contributed by atoms with E-state index >= 15 is 0 Å². The van der Waals surface area contributed by atoms with Crippen LogP contribution in [0.2, 0.25) is 0 Å². The largest absolute Gasteiger partial charge is 0.352 e. The molecule has 2 aliphatic rings. The molecule has 1 aliphatic carbocycles. The minimum Gasteiger partial charge on any atom is -0.352 e. The molecule has 1 aliphatic heterocycles. The van der Waals surface area contributed by atoms with Crippen LogP contribution in [0, 0.1) is 0 Å². The van der Waals surface area contributed by atoms with E-state index in [1.165, 1.54) is 4.31 Å². The topological polar surface area (TPSA) is 87.5 Å². The van der Waals surface area contributed by atoms with E-state index in [1.807, 2.05) is 25.7 Å². The molecule has 1 amide bonds. The Kier molecular flexibility index (Phi) is 5.17. The van der Waals surface area contributed by atoms with Crippen LogP contribution in [0.4, 0.5) is 0 Å². The Hall–Kier alpha value is -1.45. The normalized spacial score (nSPS) is 21.4. The Balaban J connectivity index is 1.59. The fraction of sp³-hybridized carbons (Fsp3) is 0.750. The lowest BCUT2D eigenvalue weighted by Gasteiger charge is -2.36. The van der Waals surface area contributed by atoms with E-state index in [2.05, 4.69) is 10.3 Å². The van der Waals surface area contributed by atoms with Crippen molar-refractivity contribution in [2.24, 2.45) is 0 Å². The van der Waals surface area contributed by atoms with Crippen molar-refractivity contribution >= 4 is 15.9 Å². The average Bonchev–Trinajstić information content (AvgIpc) is 3.24. The molecule has 0 unspecified atom stereocenters. The summed E-state index contributed by atoms with van der Waals surface area (Å²) >= 11 is 0. The molecule has 2 fully saturated rings. The van der Waals surface area contributed by atoms with Crippen LogP contribution in [-0.4, -0.2) is 71.3 Å². The number of hydrogen-bond donors (Lipinski definition) is 1. The lowest BCUT2D eigenvalue weighted by molar-refractivity contribution is -0.126. The van der Waals surface area contributed by atoms with Crippen molar-refractivity contribution in [3.05, 3.63) is 12.5 Å². The zero-order valence-electron chi connectivity index (χ0n) is 15.1. The molecule has 8 nitrogen and oxygen atoms in total. The first-order valence-electron chi connectivity index (χ1n) is 8.87. The van der Waals surface area contributed by atoms with Crippen molar-refractivity contribution in [3.8, 4) is 0 Å². The van der Waals surface area contributed by atoms with E-state index < -0.39 is 10.0 Å². The molecule has 1 N–H and O–H groups in total. The zero-order chi connectivity index (χ0) is 18.2. The zero-order valence-corrected chi connectivity index (χ0v) is 15.9. The molecule has 1 saturated heterocycles. The Morgan fingerprint density at radius 1 is 1.20 bits per heavy atom. The standard InChI is InChI=1S/C16H27N5O3S/c1-12(2)20-10-15(17-11-20)25(23,24)21-8-6-19(7-9-21)13(3)16(22)18-14-4-5-14/h10-14H,4-9H2,1-3H3,(H,18,22)/t13-/m0/s1. The summed E-state index contributed by atoms with van der Waals surface area (Å²) in [6.07, 6.45) is 5.26. The van der Waals surface area contributed by atoms with Crippen molar-refractivity contribution in [3.63, 3.8) is 0 Å². The summed E-state index contributed by atoms with van der Waals surface area (Å²) in [5.74, 6) is 0.0366. The van der Waals surface area contributed by atoms with Gasteiger partial charge >= 0.3 is 0 Å². The van der Waals surface area contributed by atoms with Crippen LogP contribution in [0.25, 0.3) is 0 Å². The number of carbonyl (C=O) groups is 1. The number of piperazine rings is 1. The van der Waals surface area contributed by atoms with Gasteiger partial charge in [-0.25, -0.2) is 13.4 Å². The number of carbonyl (C=O) groups excluding carboxylic acids is 1. The summed E-state index contributed by atoms with van der Waals surface area (Å²) in [6, 6.07) is 0.275. The second kappa shape index (κ2) is 7.05. The highest BCUT2D eigenvalue weighted by Crippen LogP contribution is 2.20. The molecule has 1 aromatic rings. The predicted molar refractivity (Wildman–Crippen MR) is 93.6 cm³/mol. The van der Waals surface area contributed by atoms with Crippen LogP contribution in [0.1, 0.15) is 39.7 Å². The molecule has 3 rings (SSSR count). The third kappa shape index (κ3) is 4.04. The SMILES string of the molecule is CC(C)n1cnc(S(=O)(=O)N2CCN([C@@H](C)C(=O)NC3CC3)CC2)c1. The quantitative estimate of drug-likeness (QED) is 0.786. The maximum Gasteiger partial charge on any atom is 0.262 e. The molecule has 1 saturated carbocycles. The van der Waals surface area contributed by atoms with Crippen LogP contribution < -0.4 is 5.32 Å². The van der Waals surface area contributed by atoms with Crippen LogP contribution >= 0.6 is 0 Å². The molecule has 9 heteroatoms. The highest BCUT2D eigenvalue weighted by molar-refractivity contribution is 7.89. The summed E-state index contributed by atoms with van der Waals surface area (Å²) < 4.78 is 28.7. The first-order valence-corrected chi connectivity index (χ1v) is 10.3. The lowest BCUT2D eigenvalue weighted by atomic mass is 10.2. The summed E-state index contributed by atoms with van der Waals surface area (Å²) in [5, 5.41) is 3.10.